The van der Waals surface area contributed by atoms with Crippen molar-refractivity contribution < 1.29 is 14.7 Å². The number of nitrogens with zero attached hydrogens (tertiary/aromatic N) is 1. The first-order chi connectivity index (χ1) is 9.88. The van der Waals surface area contributed by atoms with Crippen molar-refractivity contribution in [3.8, 4) is 0 Å². The number of thiazole rings is 1. The lowest BCUT2D eigenvalue weighted by Gasteiger charge is -2.10. The predicted octanol–water partition coefficient (Wildman–Crippen LogP) is 2.21. The molecule has 6 nitrogen and oxygen atoms in total. The minimum absolute atomic E-state index is 0.0675. The minimum atomic E-state index is -1.18. The molecule has 0 aliphatic rings. The standard InChI is InChI=1S/C13H11ClN2O4S/c1-7-6-21-13(20)16(7)5-11(17)15-10-4-8(14)2-3-9(10)12(18)19/h2-4,6H,5H2,1H3,(H,15,17)(H,18,19). The second-order valence-corrected chi connectivity index (χ2v) is 5.53. The summed E-state index contributed by atoms with van der Waals surface area (Å²) in [4.78, 5) is 34.4. The van der Waals surface area contributed by atoms with E-state index in [1.54, 1.807) is 12.3 Å². The molecule has 1 amide bonds. The molecule has 2 N–H and O–H groups in total. The van der Waals surface area contributed by atoms with Crippen molar-refractivity contribution in [1.29, 1.82) is 0 Å². The molecule has 0 saturated carbocycles. The lowest BCUT2D eigenvalue weighted by molar-refractivity contribution is -0.116. The molecule has 0 spiro atoms. The van der Waals surface area contributed by atoms with Gasteiger partial charge in [0.1, 0.15) is 6.54 Å². The van der Waals surface area contributed by atoms with Crippen LogP contribution in [-0.4, -0.2) is 21.6 Å². The van der Waals surface area contributed by atoms with E-state index in [0.717, 1.165) is 11.3 Å². The van der Waals surface area contributed by atoms with Crippen LogP contribution < -0.4 is 10.2 Å². The van der Waals surface area contributed by atoms with E-state index in [0.29, 0.717) is 10.7 Å². The molecular weight excluding hydrogens is 316 g/mol. The molecule has 0 aliphatic carbocycles. The van der Waals surface area contributed by atoms with Crippen molar-refractivity contribution in [3.05, 3.63) is 49.5 Å². The first-order valence-electron chi connectivity index (χ1n) is 5.86. The van der Waals surface area contributed by atoms with Gasteiger partial charge in [-0.2, -0.15) is 0 Å². The van der Waals surface area contributed by atoms with Gasteiger partial charge in [-0.15, -0.1) is 0 Å². The SMILES string of the molecule is Cc1csc(=O)n1CC(=O)Nc1cc(Cl)ccc1C(=O)O. The van der Waals surface area contributed by atoms with E-state index in [4.69, 9.17) is 16.7 Å². The van der Waals surface area contributed by atoms with Crippen molar-refractivity contribution in [2.24, 2.45) is 0 Å². The summed E-state index contributed by atoms with van der Waals surface area (Å²) in [6, 6.07) is 4.09. The topological polar surface area (TPSA) is 88.4 Å². The van der Waals surface area contributed by atoms with E-state index in [2.05, 4.69) is 5.32 Å². The molecule has 8 heteroatoms. The average molecular weight is 327 g/mol. The van der Waals surface area contributed by atoms with Gasteiger partial charge >= 0.3 is 10.8 Å². The lowest BCUT2D eigenvalue weighted by atomic mass is 10.2. The summed E-state index contributed by atoms with van der Waals surface area (Å²) in [5, 5.41) is 13.5. The van der Waals surface area contributed by atoms with Gasteiger partial charge in [0, 0.05) is 16.1 Å². The first-order valence-corrected chi connectivity index (χ1v) is 7.12. The van der Waals surface area contributed by atoms with E-state index >= 15 is 0 Å². The molecule has 0 saturated heterocycles. The molecule has 2 rings (SSSR count). The van der Waals surface area contributed by atoms with Crippen LogP contribution in [0.1, 0.15) is 16.1 Å². The maximum absolute atomic E-state index is 12.0. The molecule has 110 valence electrons. The van der Waals surface area contributed by atoms with E-state index < -0.39 is 11.9 Å². The van der Waals surface area contributed by atoms with Crippen LogP contribution >= 0.6 is 22.9 Å². The summed E-state index contributed by atoms with van der Waals surface area (Å²) in [6.45, 7) is 1.53. The molecule has 0 radical (unpaired) electrons. The minimum Gasteiger partial charge on any atom is -0.478 e. The molecule has 1 aromatic heterocycles. The van der Waals surface area contributed by atoms with Crippen molar-refractivity contribution in [3.63, 3.8) is 0 Å². The quantitative estimate of drug-likeness (QED) is 0.901. The number of rotatable bonds is 4. The van der Waals surface area contributed by atoms with Crippen LogP contribution in [0.2, 0.25) is 5.02 Å². The van der Waals surface area contributed by atoms with Crippen molar-refractivity contribution >= 4 is 40.5 Å². The van der Waals surface area contributed by atoms with Gasteiger partial charge in [0.25, 0.3) is 0 Å². The molecule has 1 aromatic carbocycles. The van der Waals surface area contributed by atoms with E-state index in [1.807, 2.05) is 0 Å². The summed E-state index contributed by atoms with van der Waals surface area (Å²) < 4.78 is 1.31. The Morgan fingerprint density at radius 3 is 2.71 bits per heavy atom. The Balaban J connectivity index is 2.22. The third-order valence-corrected chi connectivity index (χ3v) is 3.88. The maximum atomic E-state index is 12.0. The monoisotopic (exact) mass is 326 g/mol. The van der Waals surface area contributed by atoms with Crippen LogP contribution in [0.15, 0.2) is 28.4 Å². The first kappa shape index (κ1) is 15.3. The normalized spacial score (nSPS) is 10.4. The average Bonchev–Trinajstić information content (AvgIpc) is 2.70. The number of carbonyl (C=O) groups excluding carboxylic acids is 1. The van der Waals surface area contributed by atoms with E-state index in [9.17, 15) is 14.4 Å². The number of carbonyl (C=O) groups is 2. The molecule has 0 fully saturated rings. The van der Waals surface area contributed by atoms with Gasteiger partial charge in [0.15, 0.2) is 0 Å². The molecule has 2 aromatic rings. The molecule has 0 unspecified atom stereocenters. The second kappa shape index (κ2) is 6.11. The van der Waals surface area contributed by atoms with Gasteiger partial charge in [0.05, 0.1) is 11.3 Å². The van der Waals surface area contributed by atoms with Crippen LogP contribution in [0, 0.1) is 6.92 Å². The van der Waals surface area contributed by atoms with Gasteiger partial charge in [0.2, 0.25) is 5.91 Å². The number of hydrogen-bond donors (Lipinski definition) is 2. The molecular formula is C13H11ClN2O4S. The van der Waals surface area contributed by atoms with Crippen molar-refractivity contribution in [2.75, 3.05) is 5.32 Å². The molecule has 21 heavy (non-hydrogen) atoms. The van der Waals surface area contributed by atoms with Crippen molar-refractivity contribution in [1.82, 2.24) is 4.57 Å². The number of benzene rings is 1. The van der Waals surface area contributed by atoms with E-state index in [1.165, 1.54) is 22.8 Å². The molecule has 0 bridgehead atoms. The Morgan fingerprint density at radius 1 is 1.43 bits per heavy atom. The third-order valence-electron chi connectivity index (χ3n) is 2.76. The fourth-order valence-corrected chi connectivity index (χ4v) is 2.64. The summed E-state index contributed by atoms with van der Waals surface area (Å²) >= 11 is 6.80. The number of amides is 1. The Hall–Kier alpha value is -2.12. The predicted molar refractivity (Wildman–Crippen MR) is 80.4 cm³/mol. The zero-order chi connectivity index (χ0) is 15.6. The Kier molecular flexibility index (Phi) is 4.44. The van der Waals surface area contributed by atoms with Gasteiger partial charge in [-0.1, -0.05) is 22.9 Å². The van der Waals surface area contributed by atoms with Crippen LogP contribution in [0.25, 0.3) is 0 Å². The third kappa shape index (κ3) is 3.50. The van der Waals surface area contributed by atoms with Crippen LogP contribution in [0.3, 0.4) is 0 Å². The number of carboxylic acid groups (broad SMARTS) is 1. The fourth-order valence-electron chi connectivity index (χ4n) is 1.74. The highest BCUT2D eigenvalue weighted by atomic mass is 35.5. The lowest BCUT2D eigenvalue weighted by Crippen LogP contribution is -2.25. The summed E-state index contributed by atoms with van der Waals surface area (Å²) in [5.41, 5.74) is 0.702. The number of hydrogen-bond acceptors (Lipinski definition) is 4. The molecule has 0 atom stereocenters. The van der Waals surface area contributed by atoms with Crippen LogP contribution in [0.5, 0.6) is 0 Å². The van der Waals surface area contributed by atoms with Gasteiger partial charge in [-0.25, -0.2) is 4.79 Å². The number of aromatic nitrogens is 1. The highest BCUT2D eigenvalue weighted by molar-refractivity contribution is 7.07. The summed E-state index contributed by atoms with van der Waals surface area (Å²) in [6.07, 6.45) is 0. The zero-order valence-corrected chi connectivity index (χ0v) is 12.5. The summed E-state index contributed by atoms with van der Waals surface area (Å²) in [5.74, 6) is -1.67. The Bertz CT molecular complexity index is 766. The largest absolute Gasteiger partial charge is 0.478 e. The number of anilines is 1. The smallest absolute Gasteiger partial charge is 0.337 e. The van der Waals surface area contributed by atoms with E-state index in [-0.39, 0.29) is 22.7 Å². The fraction of sp³-hybridized carbons (Fsp3) is 0.154. The van der Waals surface area contributed by atoms with Gasteiger partial charge in [-0.05, 0) is 25.1 Å². The van der Waals surface area contributed by atoms with Crippen LogP contribution in [-0.2, 0) is 11.3 Å². The molecule has 1 heterocycles. The highest BCUT2D eigenvalue weighted by Crippen LogP contribution is 2.21. The second-order valence-electron chi connectivity index (χ2n) is 4.27. The number of aromatic carboxylic acids is 1. The highest BCUT2D eigenvalue weighted by Gasteiger charge is 2.14. The van der Waals surface area contributed by atoms with Crippen molar-refractivity contribution in [2.45, 2.75) is 13.5 Å². The Labute approximate surface area is 128 Å². The van der Waals surface area contributed by atoms with Gasteiger partial charge in [-0.3, -0.25) is 14.2 Å². The number of nitrogens with one attached hydrogen (secondary N) is 1. The zero-order valence-electron chi connectivity index (χ0n) is 10.9. The van der Waals surface area contributed by atoms with Gasteiger partial charge < -0.3 is 10.4 Å². The maximum Gasteiger partial charge on any atom is 0.337 e. The molecule has 0 aliphatic heterocycles. The number of halogens is 1. The summed E-state index contributed by atoms with van der Waals surface area (Å²) in [7, 11) is 0. The van der Waals surface area contributed by atoms with Crippen LogP contribution in [0.4, 0.5) is 5.69 Å². The number of aryl methyl sites for hydroxylation is 1. The number of carboxylic acids is 1. The Morgan fingerprint density at radius 2 is 2.14 bits per heavy atom.